The van der Waals surface area contributed by atoms with Crippen LogP contribution in [-0.4, -0.2) is 33.4 Å². The van der Waals surface area contributed by atoms with E-state index in [1.54, 1.807) is 17.0 Å². The summed E-state index contributed by atoms with van der Waals surface area (Å²) in [4.78, 5) is 22.1. The van der Waals surface area contributed by atoms with Crippen LogP contribution < -0.4 is 5.32 Å². The Balaban J connectivity index is 1.62. The summed E-state index contributed by atoms with van der Waals surface area (Å²) >= 11 is 5.73. The molecule has 0 aliphatic carbocycles. The van der Waals surface area contributed by atoms with Crippen LogP contribution in [0.3, 0.4) is 0 Å². The van der Waals surface area contributed by atoms with E-state index in [2.05, 4.69) is 15.3 Å². The largest absolute Gasteiger partial charge is 0.342 e. The van der Waals surface area contributed by atoms with E-state index in [0.29, 0.717) is 30.5 Å². The molecule has 2 aromatic rings. The Hall–Kier alpha value is -2.21. The van der Waals surface area contributed by atoms with Gasteiger partial charge in [-0.25, -0.2) is 14.4 Å². The zero-order chi connectivity index (χ0) is 15.5. The number of carbonyl (C=O) groups excluding carboxylic acids is 1. The van der Waals surface area contributed by atoms with Gasteiger partial charge in [0, 0.05) is 13.1 Å². The number of likely N-dealkylation sites (tertiary alicyclic amines) is 1. The van der Waals surface area contributed by atoms with Gasteiger partial charge in [-0.1, -0.05) is 23.7 Å². The highest BCUT2D eigenvalue weighted by Gasteiger charge is 2.31. The maximum atomic E-state index is 12.9. The molecule has 1 atom stereocenters. The number of rotatable bonds is 4. The number of hydrogen-bond donors (Lipinski definition) is 1. The van der Waals surface area contributed by atoms with Crippen LogP contribution in [0, 0.1) is 5.82 Å². The van der Waals surface area contributed by atoms with Crippen molar-refractivity contribution in [2.45, 2.75) is 19.0 Å². The number of amides is 1. The molecular formula is C15H14ClFN4O. The SMILES string of the molecule is O=C1[C@@H](Nc2ncc(Cl)cn2)CCN1Cc1ccc(F)cc1. The van der Waals surface area contributed by atoms with E-state index in [4.69, 9.17) is 11.6 Å². The lowest BCUT2D eigenvalue weighted by atomic mass is 10.2. The van der Waals surface area contributed by atoms with Crippen LogP contribution in [0.25, 0.3) is 0 Å². The molecule has 7 heteroatoms. The van der Waals surface area contributed by atoms with Crippen molar-refractivity contribution in [3.63, 3.8) is 0 Å². The number of nitrogens with zero attached hydrogens (tertiary/aromatic N) is 3. The summed E-state index contributed by atoms with van der Waals surface area (Å²) in [7, 11) is 0. The standard InChI is InChI=1S/C15H14ClFN4O/c16-11-7-18-15(19-8-11)20-13-5-6-21(14(13)22)9-10-1-3-12(17)4-2-10/h1-4,7-8,13H,5-6,9H2,(H,18,19,20)/t13-/m0/s1. The molecule has 22 heavy (non-hydrogen) atoms. The van der Waals surface area contributed by atoms with E-state index in [0.717, 1.165) is 5.56 Å². The Kier molecular flexibility index (Phi) is 4.20. The van der Waals surface area contributed by atoms with Crippen molar-refractivity contribution in [3.8, 4) is 0 Å². The van der Waals surface area contributed by atoms with Crippen LogP contribution in [-0.2, 0) is 11.3 Å². The van der Waals surface area contributed by atoms with Crippen LogP contribution in [0.4, 0.5) is 10.3 Å². The molecule has 2 heterocycles. The van der Waals surface area contributed by atoms with Crippen LogP contribution in [0.5, 0.6) is 0 Å². The molecule has 1 N–H and O–H groups in total. The first-order valence-corrected chi connectivity index (χ1v) is 7.27. The van der Waals surface area contributed by atoms with Crippen molar-refractivity contribution in [1.29, 1.82) is 0 Å². The number of hydrogen-bond acceptors (Lipinski definition) is 4. The molecule has 0 bridgehead atoms. The quantitative estimate of drug-likeness (QED) is 0.940. The van der Waals surface area contributed by atoms with Gasteiger partial charge in [-0.2, -0.15) is 0 Å². The van der Waals surface area contributed by atoms with Gasteiger partial charge in [-0.15, -0.1) is 0 Å². The van der Waals surface area contributed by atoms with Gasteiger partial charge in [0.05, 0.1) is 17.4 Å². The van der Waals surface area contributed by atoms with Gasteiger partial charge in [0.1, 0.15) is 11.9 Å². The Labute approximate surface area is 132 Å². The fourth-order valence-electron chi connectivity index (χ4n) is 2.38. The van der Waals surface area contributed by atoms with E-state index in [-0.39, 0.29) is 17.8 Å². The normalized spacial score (nSPS) is 17.8. The lowest BCUT2D eigenvalue weighted by Gasteiger charge is -2.17. The molecular weight excluding hydrogens is 307 g/mol. The molecule has 1 aliphatic heterocycles. The monoisotopic (exact) mass is 320 g/mol. The van der Waals surface area contributed by atoms with Gasteiger partial charge in [-0.05, 0) is 24.1 Å². The van der Waals surface area contributed by atoms with E-state index < -0.39 is 0 Å². The molecule has 1 aromatic carbocycles. The maximum absolute atomic E-state index is 12.9. The Morgan fingerprint density at radius 2 is 1.95 bits per heavy atom. The summed E-state index contributed by atoms with van der Waals surface area (Å²) < 4.78 is 12.9. The number of benzene rings is 1. The van der Waals surface area contributed by atoms with Crippen LogP contribution in [0.1, 0.15) is 12.0 Å². The topological polar surface area (TPSA) is 58.1 Å². The Morgan fingerprint density at radius 3 is 2.64 bits per heavy atom. The van der Waals surface area contributed by atoms with Gasteiger partial charge < -0.3 is 10.2 Å². The summed E-state index contributed by atoms with van der Waals surface area (Å²) in [5, 5.41) is 3.46. The molecule has 114 valence electrons. The maximum Gasteiger partial charge on any atom is 0.245 e. The van der Waals surface area contributed by atoms with Crippen LogP contribution >= 0.6 is 11.6 Å². The summed E-state index contributed by atoms with van der Waals surface area (Å²) in [6.07, 6.45) is 3.63. The van der Waals surface area contributed by atoms with Crippen molar-refractivity contribution in [3.05, 3.63) is 53.1 Å². The molecule has 1 fully saturated rings. The Morgan fingerprint density at radius 1 is 1.27 bits per heavy atom. The second kappa shape index (κ2) is 6.27. The molecule has 1 aromatic heterocycles. The lowest BCUT2D eigenvalue weighted by molar-refractivity contribution is -0.128. The number of aromatic nitrogens is 2. The predicted octanol–water partition coefficient (Wildman–Crippen LogP) is 2.48. The van der Waals surface area contributed by atoms with Crippen LogP contribution in [0.2, 0.25) is 5.02 Å². The van der Waals surface area contributed by atoms with Gasteiger partial charge in [0.15, 0.2) is 0 Å². The second-order valence-electron chi connectivity index (χ2n) is 5.10. The summed E-state index contributed by atoms with van der Waals surface area (Å²) in [5.74, 6) is 0.0881. The van der Waals surface area contributed by atoms with Gasteiger partial charge in [-0.3, -0.25) is 4.79 Å². The van der Waals surface area contributed by atoms with Crippen molar-refractivity contribution in [2.75, 3.05) is 11.9 Å². The minimum atomic E-state index is -0.346. The minimum Gasteiger partial charge on any atom is -0.342 e. The molecule has 5 nitrogen and oxygen atoms in total. The minimum absolute atomic E-state index is 0.0112. The number of halogens is 2. The van der Waals surface area contributed by atoms with Gasteiger partial charge in [0.25, 0.3) is 0 Å². The van der Waals surface area contributed by atoms with Crippen molar-refractivity contribution in [2.24, 2.45) is 0 Å². The highest BCUT2D eigenvalue weighted by Crippen LogP contribution is 2.18. The molecule has 0 spiro atoms. The van der Waals surface area contributed by atoms with Crippen LogP contribution in [0.15, 0.2) is 36.7 Å². The third-order valence-corrected chi connectivity index (χ3v) is 3.70. The fourth-order valence-corrected chi connectivity index (χ4v) is 2.48. The van der Waals surface area contributed by atoms with Gasteiger partial charge in [0.2, 0.25) is 11.9 Å². The summed E-state index contributed by atoms with van der Waals surface area (Å²) in [6.45, 7) is 1.11. The lowest BCUT2D eigenvalue weighted by Crippen LogP contribution is -2.33. The van der Waals surface area contributed by atoms with Gasteiger partial charge >= 0.3 is 0 Å². The van der Waals surface area contributed by atoms with Crippen molar-refractivity contribution >= 4 is 23.5 Å². The highest BCUT2D eigenvalue weighted by atomic mass is 35.5. The molecule has 1 amide bonds. The molecule has 0 saturated carbocycles. The third-order valence-electron chi connectivity index (χ3n) is 3.51. The zero-order valence-corrected chi connectivity index (χ0v) is 12.4. The highest BCUT2D eigenvalue weighted by molar-refractivity contribution is 6.30. The average molecular weight is 321 g/mol. The molecule has 0 unspecified atom stereocenters. The average Bonchev–Trinajstić information content (AvgIpc) is 2.85. The second-order valence-corrected chi connectivity index (χ2v) is 5.53. The molecule has 3 rings (SSSR count). The van der Waals surface area contributed by atoms with E-state index in [9.17, 15) is 9.18 Å². The van der Waals surface area contributed by atoms with E-state index in [1.807, 2.05) is 0 Å². The molecule has 1 aliphatic rings. The first-order valence-electron chi connectivity index (χ1n) is 6.89. The van der Waals surface area contributed by atoms with E-state index in [1.165, 1.54) is 24.5 Å². The van der Waals surface area contributed by atoms with E-state index >= 15 is 0 Å². The number of nitrogens with one attached hydrogen (secondary N) is 1. The first-order chi connectivity index (χ1) is 10.6. The Bertz CT molecular complexity index is 605. The third kappa shape index (κ3) is 3.33. The first kappa shape index (κ1) is 14.7. The molecule has 0 radical (unpaired) electrons. The number of anilines is 1. The van der Waals surface area contributed by atoms with Crippen molar-refractivity contribution < 1.29 is 9.18 Å². The zero-order valence-electron chi connectivity index (χ0n) is 11.7. The summed E-state index contributed by atoms with van der Waals surface area (Å²) in [6, 6.07) is 5.82. The number of carbonyl (C=O) groups is 1. The predicted molar refractivity (Wildman–Crippen MR) is 80.9 cm³/mol. The van der Waals surface area contributed by atoms with Crippen molar-refractivity contribution in [1.82, 2.24) is 14.9 Å². The smallest absolute Gasteiger partial charge is 0.245 e. The molecule has 1 saturated heterocycles. The summed E-state index contributed by atoms with van der Waals surface area (Å²) in [5.41, 5.74) is 0.901. The fraction of sp³-hybridized carbons (Fsp3) is 0.267.